The smallest absolute Gasteiger partial charge is 0.422 e. The minimum atomic E-state index is -4.34. The fourth-order valence-corrected chi connectivity index (χ4v) is 1.90. The minimum Gasteiger partial charge on any atom is -0.484 e. The minimum absolute atomic E-state index is 0.0149. The lowest BCUT2D eigenvalue weighted by Crippen LogP contribution is -2.44. The van der Waals surface area contributed by atoms with E-state index >= 15 is 0 Å². The van der Waals surface area contributed by atoms with E-state index in [4.69, 9.17) is 0 Å². The number of rotatable bonds is 6. The van der Waals surface area contributed by atoms with Gasteiger partial charge in [0.15, 0.2) is 6.61 Å². The molecule has 0 spiro atoms. The van der Waals surface area contributed by atoms with Crippen LogP contribution in [-0.2, 0) is 11.3 Å². The average molecular weight is 302 g/mol. The molecular weight excluding hydrogens is 285 g/mol. The molecule has 116 valence electrons. The third-order valence-electron chi connectivity index (χ3n) is 3.16. The number of carbonyl (C=O) groups is 1. The van der Waals surface area contributed by atoms with Crippen LogP contribution < -0.4 is 15.4 Å². The molecule has 1 fully saturated rings. The normalized spacial score (nSPS) is 15.4. The van der Waals surface area contributed by atoms with Crippen LogP contribution in [0.1, 0.15) is 12.0 Å². The van der Waals surface area contributed by atoms with Crippen LogP contribution in [0.25, 0.3) is 0 Å². The van der Waals surface area contributed by atoms with Crippen LogP contribution in [0.4, 0.5) is 13.2 Å². The molecule has 21 heavy (non-hydrogen) atoms. The predicted molar refractivity (Wildman–Crippen MR) is 70.8 cm³/mol. The highest BCUT2D eigenvalue weighted by molar-refractivity contribution is 5.76. The van der Waals surface area contributed by atoms with Crippen LogP contribution in [0, 0.1) is 5.92 Å². The Morgan fingerprint density at radius 3 is 2.48 bits per heavy atom. The molecule has 7 heteroatoms. The quantitative estimate of drug-likeness (QED) is 0.843. The van der Waals surface area contributed by atoms with Crippen LogP contribution in [-0.4, -0.2) is 31.8 Å². The summed E-state index contributed by atoms with van der Waals surface area (Å²) in [5, 5.41) is 5.88. The summed E-state index contributed by atoms with van der Waals surface area (Å²) < 4.78 is 40.6. The van der Waals surface area contributed by atoms with Crippen LogP contribution >= 0.6 is 0 Å². The monoisotopic (exact) mass is 302 g/mol. The lowest BCUT2D eigenvalue weighted by molar-refractivity contribution is -0.153. The summed E-state index contributed by atoms with van der Waals surface area (Å²) in [6.45, 7) is 0.800. The average Bonchev–Trinajstić information content (AvgIpc) is 2.38. The molecule has 1 saturated heterocycles. The molecule has 2 N–H and O–H groups in total. The Morgan fingerprint density at radius 1 is 1.29 bits per heavy atom. The molecule has 1 aliphatic heterocycles. The van der Waals surface area contributed by atoms with Gasteiger partial charge in [0.2, 0.25) is 5.91 Å². The van der Waals surface area contributed by atoms with Crippen molar-refractivity contribution in [3.05, 3.63) is 29.8 Å². The SMILES string of the molecule is O=C(CC1CNC1)NCc1ccc(OCC(F)(F)F)cc1. The van der Waals surface area contributed by atoms with E-state index in [1.165, 1.54) is 12.1 Å². The van der Waals surface area contributed by atoms with E-state index < -0.39 is 12.8 Å². The standard InChI is InChI=1S/C14H17F3N2O2/c15-14(16,17)9-21-12-3-1-10(2-4-12)8-19-13(20)5-11-6-18-7-11/h1-4,11,18H,5-9H2,(H,19,20). The Labute approximate surface area is 120 Å². The summed E-state index contributed by atoms with van der Waals surface area (Å²) in [6, 6.07) is 6.19. The van der Waals surface area contributed by atoms with E-state index in [0.29, 0.717) is 18.9 Å². The van der Waals surface area contributed by atoms with Crippen molar-refractivity contribution in [3.63, 3.8) is 0 Å². The number of benzene rings is 1. The van der Waals surface area contributed by atoms with Gasteiger partial charge in [0.05, 0.1) is 0 Å². The molecule has 0 unspecified atom stereocenters. The zero-order valence-electron chi connectivity index (χ0n) is 11.4. The lowest BCUT2D eigenvalue weighted by atomic mass is 9.99. The van der Waals surface area contributed by atoms with E-state index in [1.54, 1.807) is 12.1 Å². The Kier molecular flexibility index (Phi) is 5.06. The number of alkyl halides is 3. The summed E-state index contributed by atoms with van der Waals surface area (Å²) in [5.74, 6) is 0.546. The topological polar surface area (TPSA) is 50.4 Å². The van der Waals surface area contributed by atoms with Crippen LogP contribution in [0.2, 0.25) is 0 Å². The lowest BCUT2D eigenvalue weighted by Gasteiger charge is -2.26. The van der Waals surface area contributed by atoms with Gasteiger partial charge in [-0.2, -0.15) is 13.2 Å². The summed E-state index contributed by atoms with van der Waals surface area (Å²) >= 11 is 0. The fraction of sp³-hybridized carbons (Fsp3) is 0.500. The molecule has 0 atom stereocenters. The Balaban J connectivity index is 1.72. The van der Waals surface area contributed by atoms with Gasteiger partial charge in [-0.3, -0.25) is 4.79 Å². The maximum atomic E-state index is 12.0. The number of carbonyl (C=O) groups excluding carboxylic acids is 1. The Morgan fingerprint density at radius 2 is 1.95 bits per heavy atom. The van der Waals surface area contributed by atoms with Crippen molar-refractivity contribution in [2.45, 2.75) is 19.1 Å². The van der Waals surface area contributed by atoms with Gasteiger partial charge in [0.25, 0.3) is 0 Å². The first kappa shape index (κ1) is 15.6. The molecule has 1 heterocycles. The van der Waals surface area contributed by atoms with Crippen LogP contribution in [0.3, 0.4) is 0 Å². The van der Waals surface area contributed by atoms with Gasteiger partial charge in [-0.1, -0.05) is 12.1 Å². The molecule has 1 aromatic rings. The first-order valence-electron chi connectivity index (χ1n) is 6.68. The second kappa shape index (κ2) is 6.80. The molecule has 1 amide bonds. The number of amides is 1. The molecule has 0 bridgehead atoms. The van der Waals surface area contributed by atoms with Crippen molar-refractivity contribution in [2.75, 3.05) is 19.7 Å². The highest BCUT2D eigenvalue weighted by atomic mass is 19.4. The van der Waals surface area contributed by atoms with Gasteiger partial charge >= 0.3 is 6.18 Å². The van der Waals surface area contributed by atoms with Gasteiger partial charge in [0, 0.05) is 13.0 Å². The molecule has 0 saturated carbocycles. The first-order chi connectivity index (χ1) is 9.92. The second-order valence-corrected chi connectivity index (χ2v) is 5.05. The van der Waals surface area contributed by atoms with Crippen molar-refractivity contribution >= 4 is 5.91 Å². The van der Waals surface area contributed by atoms with Gasteiger partial charge < -0.3 is 15.4 Å². The van der Waals surface area contributed by atoms with E-state index in [-0.39, 0.29) is 11.7 Å². The molecular formula is C14H17F3N2O2. The van der Waals surface area contributed by atoms with Crippen molar-refractivity contribution in [1.82, 2.24) is 10.6 Å². The predicted octanol–water partition coefficient (Wildman–Crippen LogP) is 1.85. The zero-order chi connectivity index (χ0) is 15.3. The summed E-state index contributed by atoms with van der Waals surface area (Å²) in [5.41, 5.74) is 0.814. The zero-order valence-corrected chi connectivity index (χ0v) is 11.4. The molecule has 0 aliphatic carbocycles. The molecule has 1 aliphatic rings. The van der Waals surface area contributed by atoms with E-state index in [2.05, 4.69) is 15.4 Å². The van der Waals surface area contributed by atoms with Crippen molar-refractivity contribution < 1.29 is 22.7 Å². The second-order valence-electron chi connectivity index (χ2n) is 5.05. The largest absolute Gasteiger partial charge is 0.484 e. The van der Waals surface area contributed by atoms with Gasteiger partial charge in [0.1, 0.15) is 5.75 Å². The molecule has 0 radical (unpaired) electrons. The van der Waals surface area contributed by atoms with Crippen molar-refractivity contribution in [2.24, 2.45) is 5.92 Å². The van der Waals surface area contributed by atoms with E-state index in [1.807, 2.05) is 0 Å². The van der Waals surface area contributed by atoms with Crippen LogP contribution in [0.15, 0.2) is 24.3 Å². The van der Waals surface area contributed by atoms with Gasteiger partial charge in [-0.15, -0.1) is 0 Å². The summed E-state index contributed by atoms with van der Waals surface area (Å²) in [7, 11) is 0. The van der Waals surface area contributed by atoms with Crippen LogP contribution in [0.5, 0.6) is 5.75 Å². The number of hydrogen-bond donors (Lipinski definition) is 2. The summed E-state index contributed by atoms with van der Waals surface area (Å²) in [4.78, 5) is 11.6. The molecule has 0 aromatic heterocycles. The molecule has 2 rings (SSSR count). The summed E-state index contributed by atoms with van der Waals surface area (Å²) in [6.07, 6.45) is -3.84. The van der Waals surface area contributed by atoms with Crippen molar-refractivity contribution in [1.29, 1.82) is 0 Å². The van der Waals surface area contributed by atoms with E-state index in [0.717, 1.165) is 18.7 Å². The maximum Gasteiger partial charge on any atom is 0.422 e. The van der Waals surface area contributed by atoms with Gasteiger partial charge in [-0.05, 0) is 36.7 Å². The number of halogens is 3. The highest BCUT2D eigenvalue weighted by Crippen LogP contribution is 2.18. The fourth-order valence-electron chi connectivity index (χ4n) is 1.90. The third-order valence-corrected chi connectivity index (χ3v) is 3.16. The molecule has 1 aromatic carbocycles. The van der Waals surface area contributed by atoms with Gasteiger partial charge in [-0.25, -0.2) is 0 Å². The van der Waals surface area contributed by atoms with Crippen molar-refractivity contribution in [3.8, 4) is 5.75 Å². The van der Waals surface area contributed by atoms with E-state index in [9.17, 15) is 18.0 Å². The third kappa shape index (κ3) is 5.63. The number of nitrogens with one attached hydrogen (secondary N) is 2. The maximum absolute atomic E-state index is 12.0. The highest BCUT2D eigenvalue weighted by Gasteiger charge is 2.28. The number of ether oxygens (including phenoxy) is 1. The Bertz CT molecular complexity index is 470. The molecule has 4 nitrogen and oxygen atoms in total. The Hall–Kier alpha value is -1.76. The number of hydrogen-bond acceptors (Lipinski definition) is 3. The first-order valence-corrected chi connectivity index (χ1v) is 6.68.